The molecule has 9 nitrogen and oxygen atoms in total. The minimum absolute atomic E-state index is 0.0361. The number of pyridine rings is 1. The summed E-state index contributed by atoms with van der Waals surface area (Å²) in [5, 5.41) is 3.68. The molecule has 1 saturated heterocycles. The van der Waals surface area contributed by atoms with Gasteiger partial charge in [0.05, 0.1) is 24.0 Å². The van der Waals surface area contributed by atoms with Gasteiger partial charge in [-0.25, -0.2) is 4.98 Å². The van der Waals surface area contributed by atoms with E-state index in [1.165, 1.54) is 29.6 Å². The van der Waals surface area contributed by atoms with Crippen LogP contribution in [0.3, 0.4) is 0 Å². The summed E-state index contributed by atoms with van der Waals surface area (Å²) in [5.41, 5.74) is 4.28. The molecule has 5 heterocycles. The van der Waals surface area contributed by atoms with Gasteiger partial charge in [0, 0.05) is 31.7 Å². The van der Waals surface area contributed by atoms with Crippen LogP contribution in [0.1, 0.15) is 24.4 Å². The first-order valence-electron chi connectivity index (χ1n) is 10.9. The first-order chi connectivity index (χ1) is 15.7. The van der Waals surface area contributed by atoms with Crippen LogP contribution in [-0.4, -0.2) is 53.4 Å². The molecule has 0 radical (unpaired) electrons. The third-order valence-corrected chi connectivity index (χ3v) is 7.20. The van der Waals surface area contributed by atoms with E-state index in [-0.39, 0.29) is 17.2 Å². The molecule has 0 amide bonds. The Balaban J connectivity index is 1.08. The Morgan fingerprint density at radius 2 is 1.81 bits per heavy atom. The molecule has 1 fully saturated rings. The Morgan fingerprint density at radius 3 is 2.69 bits per heavy atom. The molecule has 32 heavy (non-hydrogen) atoms. The summed E-state index contributed by atoms with van der Waals surface area (Å²) in [6.45, 7) is 4.06. The molecule has 3 aromatic heterocycles. The van der Waals surface area contributed by atoms with E-state index in [0.717, 1.165) is 50.1 Å². The predicted molar refractivity (Wildman–Crippen MR) is 123 cm³/mol. The van der Waals surface area contributed by atoms with Crippen molar-refractivity contribution in [2.45, 2.75) is 38.0 Å². The number of hydrogen-bond donors (Lipinski definition) is 1. The zero-order chi connectivity index (χ0) is 21.7. The minimum Gasteiger partial charge on any atom is -0.310 e. The summed E-state index contributed by atoms with van der Waals surface area (Å²) in [4.78, 5) is 31.5. The number of nitrogens with zero attached hydrogens (tertiary/aromatic N) is 6. The largest absolute Gasteiger partial charge is 0.310 e. The third kappa shape index (κ3) is 3.44. The molecule has 4 aromatic rings. The number of piperidine rings is 1. The molecule has 0 unspecified atom stereocenters. The van der Waals surface area contributed by atoms with Gasteiger partial charge in [-0.3, -0.25) is 18.7 Å². The van der Waals surface area contributed by atoms with E-state index in [9.17, 15) is 9.59 Å². The van der Waals surface area contributed by atoms with Crippen molar-refractivity contribution in [3.63, 3.8) is 0 Å². The molecule has 10 heteroatoms. The molecule has 1 aromatic carbocycles. The number of likely N-dealkylation sites (tertiary alicyclic amines) is 1. The number of hydrogen-bond acceptors (Lipinski definition) is 8. The lowest BCUT2D eigenvalue weighted by Crippen LogP contribution is -2.44. The molecule has 0 aliphatic carbocycles. The first kappa shape index (κ1) is 19.7. The van der Waals surface area contributed by atoms with E-state index in [2.05, 4.69) is 36.1 Å². The second-order valence-corrected chi connectivity index (χ2v) is 9.18. The molecule has 1 N–H and O–H groups in total. The fourth-order valence-corrected chi connectivity index (χ4v) is 5.50. The van der Waals surface area contributed by atoms with E-state index in [4.69, 9.17) is 0 Å². The Morgan fingerprint density at radius 1 is 1.00 bits per heavy atom. The number of fused-ring (bicyclic) bond motifs is 1. The fourth-order valence-electron chi connectivity index (χ4n) is 4.98. The maximum atomic E-state index is 12.5. The molecule has 0 saturated carbocycles. The van der Waals surface area contributed by atoms with Crippen molar-refractivity contribution < 1.29 is 0 Å². The van der Waals surface area contributed by atoms with Gasteiger partial charge in [0.2, 0.25) is 0 Å². The lowest BCUT2D eigenvalue weighted by molar-refractivity contribution is 0.171. The van der Waals surface area contributed by atoms with Crippen molar-refractivity contribution in [2.75, 3.05) is 19.6 Å². The average molecular weight is 450 g/mol. The number of nitrogens with one attached hydrogen (secondary N) is 1. The predicted octanol–water partition coefficient (Wildman–Crippen LogP) is 1.37. The van der Waals surface area contributed by atoms with Crippen LogP contribution < -0.4 is 16.4 Å². The summed E-state index contributed by atoms with van der Waals surface area (Å²) in [6.07, 6.45) is 3.48. The standard InChI is InChI=1S/C22H23N7O2S/c30-20-4-3-18-22-28(20)13-16(29(22)21(31)11-24-18)12-27-7-5-15(6-8-27)23-10-14-1-2-17-19(9-14)26-32-25-17/h1-4,9,11,15-16,23H,5-8,10,12-13H2/t16-/m1/s1. The zero-order valence-electron chi connectivity index (χ0n) is 17.5. The van der Waals surface area contributed by atoms with Gasteiger partial charge in [0.25, 0.3) is 11.1 Å². The van der Waals surface area contributed by atoms with Gasteiger partial charge in [-0.2, -0.15) is 8.75 Å². The molecule has 6 rings (SSSR count). The van der Waals surface area contributed by atoms with Crippen molar-refractivity contribution in [1.29, 1.82) is 0 Å². The van der Waals surface area contributed by atoms with Crippen LogP contribution in [0.15, 0.2) is 46.1 Å². The molecule has 0 spiro atoms. The maximum absolute atomic E-state index is 12.5. The zero-order valence-corrected chi connectivity index (χ0v) is 18.3. The van der Waals surface area contributed by atoms with Gasteiger partial charge in [0.15, 0.2) is 0 Å². The van der Waals surface area contributed by atoms with Gasteiger partial charge in [-0.05, 0) is 49.7 Å². The third-order valence-electron chi connectivity index (χ3n) is 6.64. The second-order valence-electron chi connectivity index (χ2n) is 8.65. The van der Waals surface area contributed by atoms with Crippen molar-refractivity contribution >= 4 is 33.9 Å². The summed E-state index contributed by atoms with van der Waals surface area (Å²) in [6, 6.07) is 9.91. The highest BCUT2D eigenvalue weighted by atomic mass is 32.1. The molecular formula is C22H23N7O2S. The second kappa shape index (κ2) is 7.88. The van der Waals surface area contributed by atoms with Gasteiger partial charge in [-0.15, -0.1) is 0 Å². The van der Waals surface area contributed by atoms with Crippen LogP contribution in [0.4, 0.5) is 0 Å². The van der Waals surface area contributed by atoms with Crippen LogP contribution >= 0.6 is 11.7 Å². The normalized spacial score (nSPS) is 19.3. The summed E-state index contributed by atoms with van der Waals surface area (Å²) >= 11 is 1.25. The van der Waals surface area contributed by atoms with E-state index < -0.39 is 0 Å². The molecular weight excluding hydrogens is 426 g/mol. The first-order valence-corrected chi connectivity index (χ1v) is 11.7. The molecule has 2 aliphatic heterocycles. The number of aromatic nitrogens is 5. The van der Waals surface area contributed by atoms with Crippen LogP contribution in [0.2, 0.25) is 0 Å². The van der Waals surface area contributed by atoms with Gasteiger partial charge in [0.1, 0.15) is 22.2 Å². The van der Waals surface area contributed by atoms with Crippen molar-refractivity contribution in [3.05, 3.63) is 62.8 Å². The Hall–Kier alpha value is -2.95. The Kier molecular flexibility index (Phi) is 4.85. The lowest BCUT2D eigenvalue weighted by atomic mass is 10.0. The van der Waals surface area contributed by atoms with Crippen molar-refractivity contribution in [1.82, 2.24) is 33.1 Å². The van der Waals surface area contributed by atoms with E-state index in [0.29, 0.717) is 23.8 Å². The maximum Gasteiger partial charge on any atom is 0.270 e. The van der Waals surface area contributed by atoms with Crippen LogP contribution in [0.5, 0.6) is 0 Å². The quantitative estimate of drug-likeness (QED) is 0.491. The van der Waals surface area contributed by atoms with Crippen LogP contribution in [-0.2, 0) is 13.1 Å². The topological polar surface area (TPSA) is 97.9 Å². The summed E-state index contributed by atoms with van der Waals surface area (Å²) < 4.78 is 12.0. The van der Waals surface area contributed by atoms with E-state index in [1.807, 2.05) is 6.07 Å². The smallest absolute Gasteiger partial charge is 0.270 e. The monoisotopic (exact) mass is 449 g/mol. The fraction of sp³-hybridized carbons (Fsp3) is 0.409. The van der Waals surface area contributed by atoms with E-state index in [1.54, 1.807) is 15.2 Å². The Bertz CT molecular complexity index is 1410. The summed E-state index contributed by atoms with van der Waals surface area (Å²) in [7, 11) is 0. The SMILES string of the molecule is O=c1ccc2ncc(=O)n3c2n1C[C@H]3CN1CCC(NCc2ccc3nsnc3c2)CC1. The molecule has 164 valence electrons. The number of benzene rings is 1. The Labute approximate surface area is 187 Å². The minimum atomic E-state index is -0.136. The molecule has 0 bridgehead atoms. The lowest BCUT2D eigenvalue weighted by Gasteiger charge is -2.34. The van der Waals surface area contributed by atoms with Crippen LogP contribution in [0, 0.1) is 0 Å². The van der Waals surface area contributed by atoms with Gasteiger partial charge in [-0.1, -0.05) is 6.07 Å². The van der Waals surface area contributed by atoms with Crippen molar-refractivity contribution in [3.8, 4) is 0 Å². The summed E-state index contributed by atoms with van der Waals surface area (Å²) in [5.74, 6) is 0. The highest BCUT2D eigenvalue weighted by Crippen LogP contribution is 2.24. The number of rotatable bonds is 5. The van der Waals surface area contributed by atoms with Crippen molar-refractivity contribution in [2.24, 2.45) is 0 Å². The highest BCUT2D eigenvalue weighted by Gasteiger charge is 2.29. The molecule has 1 atom stereocenters. The van der Waals surface area contributed by atoms with E-state index >= 15 is 0 Å². The van der Waals surface area contributed by atoms with Gasteiger partial charge >= 0.3 is 0 Å². The van der Waals surface area contributed by atoms with Crippen LogP contribution in [0.25, 0.3) is 22.2 Å². The highest BCUT2D eigenvalue weighted by molar-refractivity contribution is 7.00. The molecule has 2 aliphatic rings. The van der Waals surface area contributed by atoms with Gasteiger partial charge < -0.3 is 10.2 Å². The average Bonchev–Trinajstić information content (AvgIpc) is 3.43.